The van der Waals surface area contributed by atoms with Gasteiger partial charge < -0.3 is 10.2 Å². The molecule has 0 bridgehead atoms. The molecule has 1 saturated heterocycles. The largest absolute Gasteiger partial charge is 0.315 e. The van der Waals surface area contributed by atoms with Gasteiger partial charge in [-0.15, -0.1) is 11.3 Å². The Labute approximate surface area is 125 Å². The van der Waals surface area contributed by atoms with Gasteiger partial charge in [0.25, 0.3) is 10.0 Å². The fraction of sp³-hybridized carbons (Fsp3) is 0.692. The van der Waals surface area contributed by atoms with Crippen LogP contribution in [0.1, 0.15) is 17.7 Å². The lowest BCUT2D eigenvalue weighted by Crippen LogP contribution is -2.39. The molecular weight excluding hydrogens is 294 g/mol. The van der Waals surface area contributed by atoms with E-state index in [2.05, 4.69) is 17.3 Å². The lowest BCUT2D eigenvalue weighted by molar-refractivity contribution is 0.271. The normalized spacial score (nSPS) is 20.9. The van der Waals surface area contributed by atoms with E-state index in [0.29, 0.717) is 23.3 Å². The standard InChI is InChI=1S/C13H23N3O2S2/c1-14-9-12-6-7-13(19-12)20(17,18)16(3)10-11-5-4-8-15(11)2/h6-7,11,14H,4-5,8-10H2,1-3H3. The molecule has 0 aromatic carbocycles. The van der Waals surface area contributed by atoms with Crippen LogP contribution in [0.25, 0.3) is 0 Å². The number of likely N-dealkylation sites (N-methyl/N-ethyl adjacent to an activating group) is 2. The van der Waals surface area contributed by atoms with Gasteiger partial charge >= 0.3 is 0 Å². The predicted molar refractivity (Wildman–Crippen MR) is 82.6 cm³/mol. The summed E-state index contributed by atoms with van der Waals surface area (Å²) in [7, 11) is 2.25. The van der Waals surface area contributed by atoms with Crippen LogP contribution in [0.5, 0.6) is 0 Å². The third-order valence-electron chi connectivity index (χ3n) is 3.79. The third kappa shape index (κ3) is 3.40. The number of nitrogens with zero attached hydrogens (tertiary/aromatic N) is 2. The van der Waals surface area contributed by atoms with E-state index in [9.17, 15) is 8.42 Å². The van der Waals surface area contributed by atoms with Gasteiger partial charge in [0.05, 0.1) is 0 Å². The van der Waals surface area contributed by atoms with E-state index in [1.807, 2.05) is 13.1 Å². The maximum absolute atomic E-state index is 12.5. The molecule has 0 radical (unpaired) electrons. The van der Waals surface area contributed by atoms with Gasteiger partial charge in [-0.05, 0) is 45.6 Å². The summed E-state index contributed by atoms with van der Waals surface area (Å²) in [6, 6.07) is 3.93. The summed E-state index contributed by atoms with van der Waals surface area (Å²) in [4.78, 5) is 3.28. The van der Waals surface area contributed by atoms with Gasteiger partial charge in [0, 0.05) is 31.1 Å². The highest BCUT2D eigenvalue weighted by Gasteiger charge is 2.28. The second kappa shape index (κ2) is 6.53. The van der Waals surface area contributed by atoms with Gasteiger partial charge in [0.2, 0.25) is 0 Å². The summed E-state index contributed by atoms with van der Waals surface area (Å²) in [6.45, 7) is 2.33. The van der Waals surface area contributed by atoms with Gasteiger partial charge in [0.15, 0.2) is 0 Å². The minimum atomic E-state index is -3.35. The molecule has 0 saturated carbocycles. The van der Waals surface area contributed by atoms with Gasteiger partial charge in [-0.25, -0.2) is 8.42 Å². The first-order valence-corrected chi connectivity index (χ1v) is 9.10. The van der Waals surface area contributed by atoms with Crippen LogP contribution in [0, 0.1) is 0 Å². The van der Waals surface area contributed by atoms with Crippen molar-refractivity contribution in [3.05, 3.63) is 17.0 Å². The SMILES string of the molecule is CNCc1ccc(S(=O)(=O)N(C)CC2CCCN2C)s1. The number of thiophene rings is 1. The third-order valence-corrected chi connectivity index (χ3v) is 7.17. The quantitative estimate of drug-likeness (QED) is 0.856. The zero-order valence-electron chi connectivity index (χ0n) is 12.3. The molecule has 1 aliphatic heterocycles. The Bertz CT molecular complexity index is 542. The van der Waals surface area contributed by atoms with Crippen LogP contribution >= 0.6 is 11.3 Å². The molecule has 1 aromatic heterocycles. The van der Waals surface area contributed by atoms with Crippen LogP contribution in [0.2, 0.25) is 0 Å². The van der Waals surface area contributed by atoms with E-state index < -0.39 is 10.0 Å². The van der Waals surface area contributed by atoms with Crippen molar-refractivity contribution in [2.45, 2.75) is 29.6 Å². The van der Waals surface area contributed by atoms with Crippen LogP contribution in [-0.4, -0.2) is 57.9 Å². The van der Waals surface area contributed by atoms with Crippen molar-refractivity contribution in [3.8, 4) is 0 Å². The molecule has 1 unspecified atom stereocenters. The summed E-state index contributed by atoms with van der Waals surface area (Å²) < 4.78 is 27.0. The summed E-state index contributed by atoms with van der Waals surface area (Å²) in [5.41, 5.74) is 0. The molecule has 20 heavy (non-hydrogen) atoms. The Morgan fingerprint density at radius 2 is 2.25 bits per heavy atom. The maximum Gasteiger partial charge on any atom is 0.252 e. The highest BCUT2D eigenvalue weighted by atomic mass is 32.2. The number of rotatable bonds is 6. The number of nitrogens with one attached hydrogen (secondary N) is 1. The highest BCUT2D eigenvalue weighted by Crippen LogP contribution is 2.25. The smallest absolute Gasteiger partial charge is 0.252 e. The molecular formula is C13H23N3O2S2. The zero-order valence-corrected chi connectivity index (χ0v) is 13.9. The van der Waals surface area contributed by atoms with E-state index in [1.165, 1.54) is 15.6 Å². The molecule has 2 rings (SSSR count). The van der Waals surface area contributed by atoms with Crippen molar-refractivity contribution in [1.29, 1.82) is 0 Å². The van der Waals surface area contributed by atoms with Gasteiger partial charge in [-0.1, -0.05) is 0 Å². The molecule has 0 aliphatic carbocycles. The fourth-order valence-corrected chi connectivity index (χ4v) is 5.31. The lowest BCUT2D eigenvalue weighted by atomic mass is 10.2. The van der Waals surface area contributed by atoms with Crippen molar-refractivity contribution in [2.75, 3.05) is 34.2 Å². The summed E-state index contributed by atoms with van der Waals surface area (Å²) in [5.74, 6) is 0. The van der Waals surface area contributed by atoms with Crippen LogP contribution in [-0.2, 0) is 16.6 Å². The maximum atomic E-state index is 12.5. The number of sulfonamides is 1. The molecule has 0 spiro atoms. The first-order chi connectivity index (χ1) is 9.45. The number of hydrogen-bond donors (Lipinski definition) is 1. The second-order valence-electron chi connectivity index (χ2n) is 5.31. The Kier molecular flexibility index (Phi) is 5.19. The number of likely N-dealkylation sites (tertiary alicyclic amines) is 1. The predicted octanol–water partition coefficient (Wildman–Crippen LogP) is 1.18. The van der Waals surface area contributed by atoms with Crippen molar-refractivity contribution < 1.29 is 8.42 Å². The van der Waals surface area contributed by atoms with E-state index in [-0.39, 0.29) is 0 Å². The average molecular weight is 317 g/mol. The van der Waals surface area contributed by atoms with Gasteiger partial charge in [0.1, 0.15) is 4.21 Å². The monoisotopic (exact) mass is 317 g/mol. The molecule has 1 aromatic rings. The summed E-state index contributed by atoms with van der Waals surface area (Å²) in [6.07, 6.45) is 2.23. The van der Waals surface area contributed by atoms with Crippen molar-refractivity contribution >= 4 is 21.4 Å². The van der Waals surface area contributed by atoms with E-state index >= 15 is 0 Å². The first-order valence-electron chi connectivity index (χ1n) is 6.85. The molecule has 1 atom stereocenters. The van der Waals surface area contributed by atoms with E-state index in [0.717, 1.165) is 24.3 Å². The molecule has 2 heterocycles. The van der Waals surface area contributed by atoms with E-state index in [1.54, 1.807) is 13.1 Å². The minimum Gasteiger partial charge on any atom is -0.315 e. The summed E-state index contributed by atoms with van der Waals surface area (Å²) in [5, 5.41) is 3.04. The summed E-state index contributed by atoms with van der Waals surface area (Å²) >= 11 is 1.35. The molecule has 7 heteroatoms. The molecule has 1 N–H and O–H groups in total. The van der Waals surface area contributed by atoms with Crippen molar-refractivity contribution in [2.24, 2.45) is 0 Å². The van der Waals surface area contributed by atoms with Gasteiger partial charge in [-0.2, -0.15) is 4.31 Å². The Morgan fingerprint density at radius 1 is 1.50 bits per heavy atom. The van der Waals surface area contributed by atoms with Crippen LogP contribution in [0.3, 0.4) is 0 Å². The Balaban J connectivity index is 2.08. The second-order valence-corrected chi connectivity index (χ2v) is 8.75. The minimum absolute atomic E-state index is 0.339. The zero-order chi connectivity index (χ0) is 14.8. The van der Waals surface area contributed by atoms with Crippen molar-refractivity contribution in [3.63, 3.8) is 0 Å². The number of hydrogen-bond acceptors (Lipinski definition) is 5. The van der Waals surface area contributed by atoms with Gasteiger partial charge in [-0.3, -0.25) is 0 Å². The molecule has 1 fully saturated rings. The molecule has 0 amide bonds. The molecule has 114 valence electrons. The van der Waals surface area contributed by atoms with Crippen LogP contribution in [0.4, 0.5) is 0 Å². The topological polar surface area (TPSA) is 52.7 Å². The van der Waals surface area contributed by atoms with Crippen LogP contribution in [0.15, 0.2) is 16.3 Å². The lowest BCUT2D eigenvalue weighted by Gasteiger charge is -2.24. The van der Waals surface area contributed by atoms with Crippen LogP contribution < -0.4 is 5.32 Å². The average Bonchev–Trinajstić information content (AvgIpc) is 3.00. The molecule has 5 nitrogen and oxygen atoms in total. The highest BCUT2D eigenvalue weighted by molar-refractivity contribution is 7.91. The first kappa shape index (κ1) is 15.9. The molecule has 1 aliphatic rings. The van der Waals surface area contributed by atoms with E-state index in [4.69, 9.17) is 0 Å². The van der Waals surface area contributed by atoms with Crippen molar-refractivity contribution in [1.82, 2.24) is 14.5 Å². The fourth-order valence-electron chi connectivity index (χ4n) is 2.52. The Hall–Kier alpha value is -0.470. The Morgan fingerprint density at radius 3 is 2.85 bits per heavy atom.